The highest BCUT2D eigenvalue weighted by Crippen LogP contribution is 2.27. The van der Waals surface area contributed by atoms with E-state index in [1.54, 1.807) is 4.57 Å². The lowest BCUT2D eigenvalue weighted by Gasteiger charge is -2.34. The van der Waals surface area contributed by atoms with Crippen LogP contribution < -0.4 is 16.0 Å². The predicted octanol–water partition coefficient (Wildman–Crippen LogP) is 2.77. The second-order valence-corrected chi connectivity index (χ2v) is 9.24. The normalized spacial score (nSPS) is 14.9. The minimum atomic E-state index is -0.115. The van der Waals surface area contributed by atoms with E-state index in [-0.39, 0.29) is 11.3 Å². The number of fused-ring (bicyclic) bond motifs is 1. The van der Waals surface area contributed by atoms with Gasteiger partial charge in [-0.15, -0.1) is 0 Å². The summed E-state index contributed by atoms with van der Waals surface area (Å²) in [5.41, 5.74) is 7.65. The van der Waals surface area contributed by atoms with Crippen molar-refractivity contribution in [3.8, 4) is 11.4 Å². The topological polar surface area (TPSA) is 93.7 Å². The van der Waals surface area contributed by atoms with E-state index in [0.29, 0.717) is 67.1 Å². The van der Waals surface area contributed by atoms with Gasteiger partial charge < -0.3 is 15.4 Å². The number of carbonyl (C=O) groups is 1. The summed E-state index contributed by atoms with van der Waals surface area (Å²) in [6, 6.07) is 13.1. The molecule has 8 nitrogen and oxygen atoms in total. The third-order valence-corrected chi connectivity index (χ3v) is 6.75. The molecule has 0 saturated carbocycles. The average Bonchev–Trinajstić information content (AvgIpc) is 2.89. The van der Waals surface area contributed by atoms with Gasteiger partial charge in [-0.25, -0.2) is 4.98 Å². The second kappa shape index (κ2) is 12.3. The van der Waals surface area contributed by atoms with Crippen LogP contribution in [0, 0.1) is 0 Å². The number of ether oxygens (including phenoxy) is 1. The summed E-state index contributed by atoms with van der Waals surface area (Å²) in [7, 11) is 0. The van der Waals surface area contributed by atoms with Crippen LogP contribution in [0.2, 0.25) is 0 Å². The van der Waals surface area contributed by atoms with E-state index < -0.39 is 0 Å². The molecule has 3 aromatic rings. The molecule has 1 saturated heterocycles. The molecule has 0 spiro atoms. The molecule has 1 aromatic heterocycles. The first-order valence-corrected chi connectivity index (χ1v) is 13.0. The van der Waals surface area contributed by atoms with Crippen LogP contribution >= 0.6 is 0 Å². The largest absolute Gasteiger partial charge is 0.492 e. The molecule has 192 valence electrons. The first-order valence-electron chi connectivity index (χ1n) is 13.0. The van der Waals surface area contributed by atoms with E-state index in [2.05, 4.69) is 16.7 Å². The summed E-state index contributed by atoms with van der Waals surface area (Å²) >= 11 is 0. The summed E-state index contributed by atoms with van der Waals surface area (Å²) in [6.45, 7) is 10.5. The zero-order valence-corrected chi connectivity index (χ0v) is 21.4. The number of hydrogen-bond donors (Lipinski definition) is 1. The number of nitrogens with two attached hydrogens (primary N) is 1. The fourth-order valence-electron chi connectivity index (χ4n) is 4.74. The van der Waals surface area contributed by atoms with E-state index in [9.17, 15) is 9.59 Å². The molecular weight excluding hydrogens is 454 g/mol. The molecule has 2 heterocycles. The third-order valence-electron chi connectivity index (χ3n) is 6.75. The smallest absolute Gasteiger partial charge is 0.266 e. The molecule has 1 aliphatic rings. The van der Waals surface area contributed by atoms with Crippen LogP contribution in [0.4, 0.5) is 0 Å². The van der Waals surface area contributed by atoms with E-state index in [1.165, 1.54) is 0 Å². The maximum Gasteiger partial charge on any atom is 0.266 e. The van der Waals surface area contributed by atoms with Crippen molar-refractivity contribution in [2.45, 2.75) is 39.7 Å². The van der Waals surface area contributed by atoms with Crippen molar-refractivity contribution in [2.75, 3.05) is 45.9 Å². The zero-order valence-electron chi connectivity index (χ0n) is 21.4. The number of likely N-dealkylation sites (N-methyl/N-ethyl adjacent to an activating group) is 1. The summed E-state index contributed by atoms with van der Waals surface area (Å²) in [5.74, 6) is 1.42. The maximum atomic E-state index is 13.8. The van der Waals surface area contributed by atoms with Crippen LogP contribution in [0.15, 0.2) is 47.3 Å². The first-order chi connectivity index (χ1) is 17.5. The molecule has 0 amide bonds. The van der Waals surface area contributed by atoms with Gasteiger partial charge in [-0.1, -0.05) is 25.1 Å². The molecule has 2 N–H and O–H groups in total. The number of Topliss-reactive ketones (excluding diaryl/α,β-unsaturated/α-hetero) is 1. The number of benzene rings is 2. The predicted molar refractivity (Wildman–Crippen MR) is 143 cm³/mol. The first kappa shape index (κ1) is 26.0. The molecular formula is C28H37N5O3. The molecule has 4 rings (SSSR count). The number of piperazine rings is 1. The molecule has 36 heavy (non-hydrogen) atoms. The van der Waals surface area contributed by atoms with Crippen molar-refractivity contribution >= 4 is 16.7 Å². The number of nitrogens with zero attached hydrogens (tertiary/aromatic N) is 4. The number of aromatic nitrogens is 2. The lowest BCUT2D eigenvalue weighted by atomic mass is 10.0. The SMILES string of the molecule is CCOc1cc(CC(=O)CCCN)ccc1-n1c(CN2CCN(CC)CC2)nc2ccccc2c1=O. The monoisotopic (exact) mass is 491 g/mol. The quantitative estimate of drug-likeness (QED) is 0.441. The van der Waals surface area contributed by atoms with Crippen molar-refractivity contribution < 1.29 is 9.53 Å². The van der Waals surface area contributed by atoms with Gasteiger partial charge in [0.15, 0.2) is 0 Å². The molecule has 8 heteroatoms. The van der Waals surface area contributed by atoms with Crippen molar-refractivity contribution in [3.05, 3.63) is 64.2 Å². The van der Waals surface area contributed by atoms with Crippen molar-refractivity contribution in [1.82, 2.24) is 19.4 Å². The Hall–Kier alpha value is -3.07. The van der Waals surface area contributed by atoms with Gasteiger partial charge in [-0.2, -0.15) is 0 Å². The van der Waals surface area contributed by atoms with Gasteiger partial charge in [0.25, 0.3) is 5.56 Å². The molecule has 0 bridgehead atoms. The van der Waals surface area contributed by atoms with E-state index >= 15 is 0 Å². The van der Waals surface area contributed by atoms with Crippen molar-refractivity contribution in [3.63, 3.8) is 0 Å². The van der Waals surface area contributed by atoms with Gasteiger partial charge in [0.1, 0.15) is 17.4 Å². The fourth-order valence-corrected chi connectivity index (χ4v) is 4.74. The van der Waals surface area contributed by atoms with Crippen LogP contribution in [0.1, 0.15) is 38.1 Å². The Labute approximate surface area is 212 Å². The van der Waals surface area contributed by atoms with Gasteiger partial charge in [-0.05, 0) is 56.3 Å². The third kappa shape index (κ3) is 6.00. The molecule has 2 aromatic carbocycles. The Kier molecular flexibility index (Phi) is 8.85. The Morgan fingerprint density at radius 2 is 1.81 bits per heavy atom. The number of ketones is 1. The standard InChI is InChI=1S/C28H37N5O3/c1-3-31-14-16-32(17-15-31)20-27-30-24-10-6-5-9-23(24)28(35)33(27)25-12-11-21(19-26(25)36-4-2)18-22(34)8-7-13-29/h5-6,9-12,19H,3-4,7-8,13-18,20,29H2,1-2H3. The highest BCUT2D eigenvalue weighted by molar-refractivity contribution is 5.81. The lowest BCUT2D eigenvalue weighted by molar-refractivity contribution is -0.118. The van der Waals surface area contributed by atoms with E-state index in [0.717, 1.165) is 38.3 Å². The molecule has 1 aliphatic heterocycles. The van der Waals surface area contributed by atoms with Crippen molar-refractivity contribution in [1.29, 1.82) is 0 Å². The van der Waals surface area contributed by atoms with Gasteiger partial charge in [0, 0.05) is 39.0 Å². The van der Waals surface area contributed by atoms with Gasteiger partial charge in [-0.3, -0.25) is 19.1 Å². The maximum absolute atomic E-state index is 13.8. The highest BCUT2D eigenvalue weighted by Gasteiger charge is 2.21. The molecule has 0 unspecified atom stereocenters. The highest BCUT2D eigenvalue weighted by atomic mass is 16.5. The number of para-hydroxylation sites is 1. The van der Waals surface area contributed by atoms with Crippen LogP contribution in [0.5, 0.6) is 5.75 Å². The lowest BCUT2D eigenvalue weighted by Crippen LogP contribution is -2.46. The van der Waals surface area contributed by atoms with Gasteiger partial charge in [0.05, 0.1) is 29.7 Å². The summed E-state index contributed by atoms with van der Waals surface area (Å²) in [4.78, 5) is 35.9. The number of rotatable bonds is 11. The van der Waals surface area contributed by atoms with Crippen molar-refractivity contribution in [2.24, 2.45) is 5.73 Å². The van der Waals surface area contributed by atoms with E-state index in [4.69, 9.17) is 15.5 Å². The fraction of sp³-hybridized carbons (Fsp3) is 0.464. The van der Waals surface area contributed by atoms with Crippen LogP contribution in [-0.2, 0) is 17.8 Å². The number of hydrogen-bond acceptors (Lipinski definition) is 7. The van der Waals surface area contributed by atoms with Gasteiger partial charge >= 0.3 is 0 Å². The molecule has 0 aliphatic carbocycles. The van der Waals surface area contributed by atoms with Crippen LogP contribution in [0.3, 0.4) is 0 Å². The van der Waals surface area contributed by atoms with E-state index in [1.807, 2.05) is 49.4 Å². The molecule has 0 radical (unpaired) electrons. The Bertz CT molecular complexity index is 1250. The second-order valence-electron chi connectivity index (χ2n) is 9.24. The summed E-state index contributed by atoms with van der Waals surface area (Å²) in [6.07, 6.45) is 1.47. The Balaban J connectivity index is 1.75. The van der Waals surface area contributed by atoms with Crippen LogP contribution in [0.25, 0.3) is 16.6 Å². The molecule has 1 fully saturated rings. The number of carbonyl (C=O) groups excluding carboxylic acids is 1. The minimum absolute atomic E-state index is 0.115. The Morgan fingerprint density at radius 3 is 2.53 bits per heavy atom. The zero-order chi connectivity index (χ0) is 25.5. The minimum Gasteiger partial charge on any atom is -0.492 e. The Morgan fingerprint density at radius 1 is 1.06 bits per heavy atom. The van der Waals surface area contributed by atoms with Gasteiger partial charge in [0.2, 0.25) is 0 Å². The molecule has 0 atom stereocenters. The summed E-state index contributed by atoms with van der Waals surface area (Å²) < 4.78 is 7.69. The average molecular weight is 492 g/mol. The summed E-state index contributed by atoms with van der Waals surface area (Å²) in [5, 5.41) is 0.570. The van der Waals surface area contributed by atoms with Crippen LogP contribution in [-0.4, -0.2) is 71.0 Å².